The first-order valence-corrected chi connectivity index (χ1v) is 6.88. The molecule has 2 unspecified atom stereocenters. The van der Waals surface area contributed by atoms with Crippen molar-refractivity contribution in [3.05, 3.63) is 29.8 Å². The maximum Gasteiger partial charge on any atom is 0.127 e. The molecular formula is C14H18ClFN2O. The van der Waals surface area contributed by atoms with Crippen LogP contribution in [0.2, 0.25) is 0 Å². The molecule has 19 heavy (non-hydrogen) atoms. The van der Waals surface area contributed by atoms with Crippen molar-refractivity contribution in [1.82, 2.24) is 9.55 Å². The quantitative estimate of drug-likeness (QED) is 0.779. The number of fused-ring (bicyclic) bond motifs is 1. The number of alkyl halides is 1. The van der Waals surface area contributed by atoms with Crippen molar-refractivity contribution >= 4 is 22.6 Å². The van der Waals surface area contributed by atoms with Gasteiger partial charge in [0.25, 0.3) is 0 Å². The molecule has 0 amide bonds. The smallest absolute Gasteiger partial charge is 0.127 e. The Morgan fingerprint density at radius 1 is 1.42 bits per heavy atom. The van der Waals surface area contributed by atoms with Gasteiger partial charge in [0.1, 0.15) is 11.6 Å². The zero-order chi connectivity index (χ0) is 14.0. The molecule has 0 aliphatic rings. The van der Waals surface area contributed by atoms with Gasteiger partial charge in [-0.25, -0.2) is 9.37 Å². The third-order valence-corrected chi connectivity index (χ3v) is 3.18. The molecular weight excluding hydrogens is 267 g/mol. The zero-order valence-corrected chi connectivity index (χ0v) is 12.1. The van der Waals surface area contributed by atoms with Crippen molar-refractivity contribution in [2.45, 2.75) is 38.8 Å². The zero-order valence-electron chi connectivity index (χ0n) is 11.4. The van der Waals surface area contributed by atoms with E-state index < -0.39 is 0 Å². The molecule has 2 atom stereocenters. The number of rotatable bonds is 5. The molecule has 2 aromatic rings. The first-order chi connectivity index (χ1) is 9.02. The molecule has 3 nitrogen and oxygen atoms in total. The van der Waals surface area contributed by atoms with E-state index in [4.69, 9.17) is 16.3 Å². The molecule has 0 saturated heterocycles. The summed E-state index contributed by atoms with van der Waals surface area (Å²) in [5.41, 5.74) is 1.52. The Hall–Kier alpha value is -1.13. The Kier molecular flexibility index (Phi) is 4.42. The lowest BCUT2D eigenvalue weighted by atomic mass is 10.3. The Morgan fingerprint density at radius 3 is 2.79 bits per heavy atom. The Labute approximate surface area is 117 Å². The fourth-order valence-electron chi connectivity index (χ4n) is 2.20. The molecule has 0 fully saturated rings. The summed E-state index contributed by atoms with van der Waals surface area (Å²) in [6.45, 7) is 7.06. The molecule has 1 heterocycles. The van der Waals surface area contributed by atoms with Gasteiger partial charge in [-0.15, -0.1) is 11.6 Å². The predicted molar refractivity (Wildman–Crippen MR) is 75.0 cm³/mol. The summed E-state index contributed by atoms with van der Waals surface area (Å²) in [6, 6.07) is 4.58. The van der Waals surface area contributed by atoms with Gasteiger partial charge >= 0.3 is 0 Å². The number of benzene rings is 1. The third kappa shape index (κ3) is 3.07. The normalized spacial score (nSPS) is 14.8. The number of nitrogens with zero attached hydrogens (tertiary/aromatic N) is 2. The van der Waals surface area contributed by atoms with Crippen LogP contribution in [0.3, 0.4) is 0 Å². The van der Waals surface area contributed by atoms with Gasteiger partial charge < -0.3 is 9.30 Å². The van der Waals surface area contributed by atoms with E-state index in [1.807, 2.05) is 25.3 Å². The number of imidazole rings is 1. The molecule has 0 bridgehead atoms. The molecule has 0 aliphatic heterocycles. The summed E-state index contributed by atoms with van der Waals surface area (Å²) < 4.78 is 20.9. The maximum atomic E-state index is 13.4. The highest BCUT2D eigenvalue weighted by Gasteiger charge is 2.17. The molecule has 0 spiro atoms. The van der Waals surface area contributed by atoms with Crippen LogP contribution in [0.15, 0.2) is 18.2 Å². The number of halogens is 2. The number of ether oxygens (including phenoxy) is 1. The summed E-state index contributed by atoms with van der Waals surface area (Å²) in [4.78, 5) is 4.48. The van der Waals surface area contributed by atoms with Crippen LogP contribution in [0.25, 0.3) is 11.0 Å². The summed E-state index contributed by atoms with van der Waals surface area (Å²) in [7, 11) is 0. The minimum Gasteiger partial charge on any atom is -0.377 e. The lowest BCUT2D eigenvalue weighted by molar-refractivity contribution is 0.0642. The van der Waals surface area contributed by atoms with E-state index in [0.717, 1.165) is 16.9 Å². The van der Waals surface area contributed by atoms with Gasteiger partial charge in [-0.2, -0.15) is 0 Å². The second kappa shape index (κ2) is 5.88. The van der Waals surface area contributed by atoms with Gasteiger partial charge in [0.2, 0.25) is 0 Å². The van der Waals surface area contributed by atoms with E-state index >= 15 is 0 Å². The van der Waals surface area contributed by atoms with Gasteiger partial charge in [0, 0.05) is 6.61 Å². The van der Waals surface area contributed by atoms with E-state index in [2.05, 4.69) is 4.98 Å². The van der Waals surface area contributed by atoms with E-state index in [0.29, 0.717) is 13.2 Å². The van der Waals surface area contributed by atoms with E-state index in [1.54, 1.807) is 6.07 Å². The average molecular weight is 285 g/mol. The first-order valence-electron chi connectivity index (χ1n) is 6.44. The maximum absolute atomic E-state index is 13.4. The average Bonchev–Trinajstić information content (AvgIpc) is 2.68. The highest BCUT2D eigenvalue weighted by molar-refractivity contribution is 6.20. The number of hydrogen-bond donors (Lipinski definition) is 0. The van der Waals surface area contributed by atoms with Crippen molar-refractivity contribution in [2.24, 2.45) is 0 Å². The minimum atomic E-state index is -0.272. The van der Waals surface area contributed by atoms with Crippen molar-refractivity contribution in [2.75, 3.05) is 6.61 Å². The summed E-state index contributed by atoms with van der Waals surface area (Å²) >= 11 is 6.16. The van der Waals surface area contributed by atoms with Gasteiger partial charge in [0.05, 0.1) is 29.1 Å². The topological polar surface area (TPSA) is 27.1 Å². The lowest BCUT2D eigenvalue weighted by Crippen LogP contribution is -2.18. The van der Waals surface area contributed by atoms with Crippen LogP contribution in [0.4, 0.5) is 4.39 Å². The number of hydrogen-bond acceptors (Lipinski definition) is 2. The molecule has 2 rings (SSSR count). The Bertz CT molecular complexity index is 568. The van der Waals surface area contributed by atoms with Gasteiger partial charge in [-0.1, -0.05) is 0 Å². The fraction of sp³-hybridized carbons (Fsp3) is 0.500. The fourth-order valence-corrected chi connectivity index (χ4v) is 2.37. The van der Waals surface area contributed by atoms with Crippen LogP contribution in [0.5, 0.6) is 0 Å². The minimum absolute atomic E-state index is 0.0276. The van der Waals surface area contributed by atoms with Crippen LogP contribution < -0.4 is 0 Å². The summed E-state index contributed by atoms with van der Waals surface area (Å²) in [5, 5.41) is -0.232. The predicted octanol–water partition coefficient (Wildman–Crippen LogP) is 3.90. The highest BCUT2D eigenvalue weighted by atomic mass is 35.5. The van der Waals surface area contributed by atoms with E-state index in [9.17, 15) is 4.39 Å². The number of aromatic nitrogens is 2. The van der Waals surface area contributed by atoms with E-state index in [-0.39, 0.29) is 17.3 Å². The molecule has 1 aromatic carbocycles. The van der Waals surface area contributed by atoms with Crippen molar-refractivity contribution in [3.63, 3.8) is 0 Å². The molecule has 0 radical (unpaired) electrons. The van der Waals surface area contributed by atoms with Gasteiger partial charge in [-0.05, 0) is 39.0 Å². The third-order valence-electron chi connectivity index (χ3n) is 2.99. The molecule has 0 N–H and O–H groups in total. The van der Waals surface area contributed by atoms with Crippen LogP contribution in [-0.4, -0.2) is 22.3 Å². The molecule has 5 heteroatoms. The standard InChI is InChI=1S/C14H18ClFN2O/c1-4-19-9(2)8-18-13-7-11(16)5-6-12(13)17-14(18)10(3)15/h5-7,9-10H,4,8H2,1-3H3. The second-order valence-corrected chi connectivity index (χ2v) is 5.25. The van der Waals surface area contributed by atoms with Crippen LogP contribution in [0.1, 0.15) is 32.0 Å². The summed E-state index contributed by atoms with van der Waals surface area (Å²) in [6.07, 6.45) is 0.0276. The molecule has 0 saturated carbocycles. The Morgan fingerprint density at radius 2 is 2.16 bits per heavy atom. The summed E-state index contributed by atoms with van der Waals surface area (Å²) in [5.74, 6) is 0.473. The molecule has 1 aromatic heterocycles. The molecule has 104 valence electrons. The van der Waals surface area contributed by atoms with Crippen molar-refractivity contribution < 1.29 is 9.13 Å². The van der Waals surface area contributed by atoms with Gasteiger partial charge in [0.15, 0.2) is 0 Å². The monoisotopic (exact) mass is 284 g/mol. The van der Waals surface area contributed by atoms with Crippen LogP contribution in [0, 0.1) is 5.82 Å². The SMILES string of the molecule is CCOC(C)Cn1c(C(C)Cl)nc2ccc(F)cc21. The largest absolute Gasteiger partial charge is 0.377 e. The van der Waals surface area contributed by atoms with Crippen LogP contribution in [-0.2, 0) is 11.3 Å². The highest BCUT2D eigenvalue weighted by Crippen LogP contribution is 2.25. The van der Waals surface area contributed by atoms with Gasteiger partial charge in [-0.3, -0.25) is 0 Å². The lowest BCUT2D eigenvalue weighted by Gasteiger charge is -2.16. The molecule has 0 aliphatic carbocycles. The van der Waals surface area contributed by atoms with Crippen molar-refractivity contribution in [3.8, 4) is 0 Å². The Balaban J connectivity index is 2.47. The van der Waals surface area contributed by atoms with Crippen molar-refractivity contribution in [1.29, 1.82) is 0 Å². The van der Waals surface area contributed by atoms with E-state index in [1.165, 1.54) is 12.1 Å². The second-order valence-electron chi connectivity index (χ2n) is 4.60. The first kappa shape index (κ1) is 14.3. The van der Waals surface area contributed by atoms with Crippen LogP contribution >= 0.6 is 11.6 Å².